The molecule has 1 unspecified atom stereocenters. The number of rotatable bonds is 7. The summed E-state index contributed by atoms with van der Waals surface area (Å²) < 4.78 is 0. The van der Waals surface area contributed by atoms with Gasteiger partial charge in [-0.1, -0.05) is 47.0 Å². The van der Waals surface area contributed by atoms with Crippen LogP contribution < -0.4 is 5.32 Å². The molecule has 2 nitrogen and oxygen atoms in total. The summed E-state index contributed by atoms with van der Waals surface area (Å²) in [6.07, 6.45) is 4.89. The molecule has 0 aromatic carbocycles. The smallest absolute Gasteiger partial charge is 0.222 e. The summed E-state index contributed by atoms with van der Waals surface area (Å²) in [7, 11) is 0. The second-order valence-electron chi connectivity index (χ2n) is 4.30. The molecule has 0 aliphatic heterocycles. The Bertz CT molecular complexity index is 154. The van der Waals surface area contributed by atoms with Crippen LogP contribution in [0.25, 0.3) is 0 Å². The maximum absolute atomic E-state index is 11.3. The third kappa shape index (κ3) is 6.01. The van der Waals surface area contributed by atoms with Gasteiger partial charge in [-0.05, 0) is 12.3 Å². The van der Waals surface area contributed by atoms with E-state index in [0.717, 1.165) is 18.9 Å². The molecule has 0 fully saturated rings. The Labute approximate surface area is 88.5 Å². The summed E-state index contributed by atoms with van der Waals surface area (Å²) in [6, 6.07) is 0. The van der Waals surface area contributed by atoms with Gasteiger partial charge in [0, 0.05) is 12.5 Å². The molecule has 0 aliphatic rings. The second-order valence-corrected chi connectivity index (χ2v) is 4.30. The van der Waals surface area contributed by atoms with E-state index in [4.69, 9.17) is 0 Å². The molecule has 0 heterocycles. The number of carbonyl (C=O) groups excluding carboxylic acids is 1. The number of carbonyl (C=O) groups is 1. The van der Waals surface area contributed by atoms with Gasteiger partial charge in [-0.2, -0.15) is 0 Å². The molecule has 0 saturated carbocycles. The molecule has 1 amide bonds. The van der Waals surface area contributed by atoms with Crippen molar-refractivity contribution in [1.29, 1.82) is 0 Å². The van der Waals surface area contributed by atoms with E-state index >= 15 is 0 Å². The molecule has 0 radical (unpaired) electrons. The molecule has 14 heavy (non-hydrogen) atoms. The number of nitrogens with one attached hydrogen (secondary N) is 1. The molecule has 84 valence electrons. The van der Waals surface area contributed by atoms with Crippen LogP contribution in [0.3, 0.4) is 0 Å². The van der Waals surface area contributed by atoms with Gasteiger partial charge in [0.2, 0.25) is 5.91 Å². The standard InChI is InChI=1S/C12H25NO/c1-5-7-11(6-2)8-9-13-12(14)10(3)4/h10-11H,5-9H2,1-4H3,(H,13,14). The van der Waals surface area contributed by atoms with Gasteiger partial charge in [-0.3, -0.25) is 4.79 Å². The van der Waals surface area contributed by atoms with E-state index in [9.17, 15) is 4.79 Å². The van der Waals surface area contributed by atoms with E-state index < -0.39 is 0 Å². The van der Waals surface area contributed by atoms with Gasteiger partial charge < -0.3 is 5.32 Å². The zero-order valence-electron chi connectivity index (χ0n) is 10.1. The fourth-order valence-electron chi connectivity index (χ4n) is 1.56. The first-order valence-electron chi connectivity index (χ1n) is 5.89. The van der Waals surface area contributed by atoms with Crippen molar-refractivity contribution in [3.05, 3.63) is 0 Å². The van der Waals surface area contributed by atoms with Crippen LogP contribution in [0.15, 0.2) is 0 Å². The highest BCUT2D eigenvalue weighted by Gasteiger charge is 2.08. The minimum Gasteiger partial charge on any atom is -0.356 e. The van der Waals surface area contributed by atoms with Gasteiger partial charge in [0.05, 0.1) is 0 Å². The monoisotopic (exact) mass is 199 g/mol. The van der Waals surface area contributed by atoms with E-state index in [-0.39, 0.29) is 11.8 Å². The summed E-state index contributed by atoms with van der Waals surface area (Å²) >= 11 is 0. The van der Waals surface area contributed by atoms with Gasteiger partial charge >= 0.3 is 0 Å². The van der Waals surface area contributed by atoms with Crippen molar-refractivity contribution in [1.82, 2.24) is 5.32 Å². The topological polar surface area (TPSA) is 29.1 Å². The van der Waals surface area contributed by atoms with E-state index in [1.807, 2.05) is 13.8 Å². The molecular formula is C12H25NO. The van der Waals surface area contributed by atoms with Gasteiger partial charge in [-0.15, -0.1) is 0 Å². The second kappa shape index (κ2) is 7.84. The SMILES string of the molecule is CCCC(CC)CCNC(=O)C(C)C. The average Bonchev–Trinajstić information content (AvgIpc) is 2.16. The summed E-state index contributed by atoms with van der Waals surface area (Å²) in [5.74, 6) is 1.07. The Morgan fingerprint density at radius 1 is 1.21 bits per heavy atom. The largest absolute Gasteiger partial charge is 0.356 e. The average molecular weight is 199 g/mol. The molecule has 1 atom stereocenters. The van der Waals surface area contributed by atoms with Crippen molar-refractivity contribution in [3.63, 3.8) is 0 Å². The van der Waals surface area contributed by atoms with Gasteiger partial charge in [0.1, 0.15) is 0 Å². The van der Waals surface area contributed by atoms with Crippen LogP contribution in [0.1, 0.15) is 53.4 Å². The van der Waals surface area contributed by atoms with E-state index in [2.05, 4.69) is 19.2 Å². The van der Waals surface area contributed by atoms with Crippen LogP contribution in [0.5, 0.6) is 0 Å². The first kappa shape index (κ1) is 13.5. The lowest BCUT2D eigenvalue weighted by molar-refractivity contribution is -0.124. The maximum Gasteiger partial charge on any atom is 0.222 e. The fourth-order valence-corrected chi connectivity index (χ4v) is 1.56. The number of amides is 1. The summed E-state index contributed by atoms with van der Waals surface area (Å²) in [6.45, 7) is 9.15. The van der Waals surface area contributed by atoms with Crippen LogP contribution >= 0.6 is 0 Å². The molecule has 2 heteroatoms. The molecule has 0 spiro atoms. The molecular weight excluding hydrogens is 174 g/mol. The summed E-state index contributed by atoms with van der Waals surface area (Å²) in [5, 5.41) is 2.97. The van der Waals surface area contributed by atoms with Crippen LogP contribution in [0, 0.1) is 11.8 Å². The van der Waals surface area contributed by atoms with Gasteiger partial charge in [-0.25, -0.2) is 0 Å². The summed E-state index contributed by atoms with van der Waals surface area (Å²) in [4.78, 5) is 11.3. The highest BCUT2D eigenvalue weighted by Crippen LogP contribution is 2.14. The zero-order chi connectivity index (χ0) is 11.0. The van der Waals surface area contributed by atoms with Crippen LogP contribution in [0.2, 0.25) is 0 Å². The zero-order valence-corrected chi connectivity index (χ0v) is 10.1. The van der Waals surface area contributed by atoms with Crippen molar-refractivity contribution in [2.24, 2.45) is 11.8 Å². The Morgan fingerprint density at radius 2 is 1.86 bits per heavy atom. The first-order chi connectivity index (χ1) is 6.61. The van der Waals surface area contributed by atoms with Crippen LogP contribution in [0.4, 0.5) is 0 Å². The highest BCUT2D eigenvalue weighted by molar-refractivity contribution is 5.77. The number of hydrogen-bond donors (Lipinski definition) is 1. The normalized spacial score (nSPS) is 12.9. The lowest BCUT2D eigenvalue weighted by Crippen LogP contribution is -2.29. The Balaban J connectivity index is 3.55. The molecule has 1 N–H and O–H groups in total. The van der Waals surface area contributed by atoms with Gasteiger partial charge in [0.15, 0.2) is 0 Å². The lowest BCUT2D eigenvalue weighted by atomic mass is 9.97. The third-order valence-electron chi connectivity index (χ3n) is 2.65. The van der Waals surface area contributed by atoms with Crippen LogP contribution in [-0.2, 0) is 4.79 Å². The molecule has 0 aromatic rings. The molecule has 0 bridgehead atoms. The molecule has 0 aromatic heterocycles. The molecule has 0 saturated heterocycles. The van der Waals surface area contributed by atoms with E-state index in [1.54, 1.807) is 0 Å². The first-order valence-corrected chi connectivity index (χ1v) is 5.89. The molecule has 0 rings (SSSR count). The van der Waals surface area contributed by atoms with E-state index in [1.165, 1.54) is 19.3 Å². The maximum atomic E-state index is 11.3. The van der Waals surface area contributed by atoms with Crippen molar-refractivity contribution in [2.75, 3.05) is 6.54 Å². The van der Waals surface area contributed by atoms with Crippen molar-refractivity contribution in [3.8, 4) is 0 Å². The van der Waals surface area contributed by atoms with Gasteiger partial charge in [0.25, 0.3) is 0 Å². The van der Waals surface area contributed by atoms with Crippen molar-refractivity contribution >= 4 is 5.91 Å². The van der Waals surface area contributed by atoms with Crippen molar-refractivity contribution < 1.29 is 4.79 Å². The lowest BCUT2D eigenvalue weighted by Gasteiger charge is -2.14. The van der Waals surface area contributed by atoms with Crippen LogP contribution in [-0.4, -0.2) is 12.5 Å². The Hall–Kier alpha value is -0.530. The van der Waals surface area contributed by atoms with E-state index in [0.29, 0.717) is 0 Å². The summed E-state index contributed by atoms with van der Waals surface area (Å²) in [5.41, 5.74) is 0. The molecule has 0 aliphatic carbocycles. The highest BCUT2D eigenvalue weighted by atomic mass is 16.1. The predicted octanol–water partition coefficient (Wildman–Crippen LogP) is 2.98. The minimum absolute atomic E-state index is 0.112. The Kier molecular flexibility index (Phi) is 7.54. The predicted molar refractivity (Wildman–Crippen MR) is 61.2 cm³/mol. The minimum atomic E-state index is 0.112. The fraction of sp³-hybridized carbons (Fsp3) is 0.917. The Morgan fingerprint density at radius 3 is 2.29 bits per heavy atom. The quantitative estimate of drug-likeness (QED) is 0.671. The van der Waals surface area contributed by atoms with Crippen molar-refractivity contribution in [2.45, 2.75) is 53.4 Å². The number of hydrogen-bond acceptors (Lipinski definition) is 1. The third-order valence-corrected chi connectivity index (χ3v) is 2.65.